The number of nitrogens with one attached hydrogen (secondary N) is 1. The van der Waals surface area contributed by atoms with Crippen molar-refractivity contribution in [3.05, 3.63) is 93.3 Å². The second-order valence-corrected chi connectivity index (χ2v) is 6.64. The Morgan fingerprint density at radius 2 is 1.85 bits per heavy atom. The van der Waals surface area contributed by atoms with Crippen molar-refractivity contribution in [3.8, 4) is 5.75 Å². The Hall–Kier alpha value is -2.74. The van der Waals surface area contributed by atoms with Crippen LogP contribution in [0.5, 0.6) is 5.75 Å². The van der Waals surface area contributed by atoms with Gasteiger partial charge in [-0.25, -0.2) is 5.43 Å². The fourth-order valence-electron chi connectivity index (χ4n) is 2.12. The summed E-state index contributed by atoms with van der Waals surface area (Å²) in [6, 6.07) is 20.8. The van der Waals surface area contributed by atoms with Crippen molar-refractivity contribution in [2.45, 2.75) is 6.61 Å². The van der Waals surface area contributed by atoms with E-state index in [-0.39, 0.29) is 5.91 Å². The lowest BCUT2D eigenvalue weighted by molar-refractivity contribution is 0.0950. The lowest BCUT2D eigenvalue weighted by Gasteiger charge is -2.06. The van der Waals surface area contributed by atoms with Crippen LogP contribution in [-0.2, 0) is 6.61 Å². The van der Waals surface area contributed by atoms with Gasteiger partial charge < -0.3 is 4.74 Å². The molecule has 0 unspecified atom stereocenters. The number of amides is 1. The number of halogens is 1. The average Bonchev–Trinajstić information content (AvgIpc) is 2.69. The summed E-state index contributed by atoms with van der Waals surface area (Å²) < 4.78 is 6.96. The lowest BCUT2D eigenvalue weighted by Crippen LogP contribution is -2.18. The summed E-state index contributed by atoms with van der Waals surface area (Å²) in [5, 5.41) is 3.94. The van der Waals surface area contributed by atoms with Crippen LogP contribution >= 0.6 is 22.6 Å². The van der Waals surface area contributed by atoms with Gasteiger partial charge in [-0.3, -0.25) is 9.78 Å². The first-order chi connectivity index (χ1) is 12.7. The molecule has 0 radical (unpaired) electrons. The van der Waals surface area contributed by atoms with Crippen LogP contribution in [0.25, 0.3) is 0 Å². The molecule has 6 heteroatoms. The van der Waals surface area contributed by atoms with Crippen molar-refractivity contribution < 1.29 is 9.53 Å². The molecule has 130 valence electrons. The van der Waals surface area contributed by atoms with Crippen molar-refractivity contribution >= 4 is 34.7 Å². The highest BCUT2D eigenvalue weighted by molar-refractivity contribution is 14.1. The Balaban J connectivity index is 1.51. The molecule has 0 aliphatic heterocycles. The van der Waals surface area contributed by atoms with Crippen LogP contribution in [0, 0.1) is 3.57 Å². The number of rotatable bonds is 6. The normalized spacial score (nSPS) is 10.7. The maximum absolute atomic E-state index is 11.8. The molecule has 5 nitrogen and oxygen atoms in total. The number of benzene rings is 2. The summed E-state index contributed by atoms with van der Waals surface area (Å²) in [6.45, 7) is 0.518. The molecule has 0 spiro atoms. The van der Waals surface area contributed by atoms with E-state index in [1.807, 2.05) is 36.4 Å². The number of ether oxygens (including phenoxy) is 1. The number of nitrogens with zero attached hydrogens (tertiary/aromatic N) is 2. The van der Waals surface area contributed by atoms with E-state index >= 15 is 0 Å². The van der Waals surface area contributed by atoms with E-state index < -0.39 is 0 Å². The first-order valence-electron chi connectivity index (χ1n) is 7.92. The smallest absolute Gasteiger partial charge is 0.289 e. The van der Waals surface area contributed by atoms with Crippen LogP contribution in [0.15, 0.2) is 78.0 Å². The molecule has 0 bridgehead atoms. The monoisotopic (exact) mass is 457 g/mol. The number of carbonyl (C=O) groups excluding carboxylic acids is 1. The molecule has 1 N–H and O–H groups in total. The quantitative estimate of drug-likeness (QED) is 0.346. The van der Waals surface area contributed by atoms with Gasteiger partial charge in [-0.1, -0.05) is 18.2 Å². The van der Waals surface area contributed by atoms with Gasteiger partial charge in [-0.05, 0) is 82.2 Å². The molecule has 0 aliphatic carbocycles. The highest BCUT2D eigenvalue weighted by Crippen LogP contribution is 2.14. The average molecular weight is 457 g/mol. The molecular weight excluding hydrogens is 441 g/mol. The molecule has 26 heavy (non-hydrogen) atoms. The van der Waals surface area contributed by atoms with Crippen LogP contribution in [-0.4, -0.2) is 17.1 Å². The van der Waals surface area contributed by atoms with Gasteiger partial charge in [0.15, 0.2) is 0 Å². The SMILES string of the molecule is O=C(N/N=C\c1ccc(OCc2ccc(I)cc2)cc1)c1ccccn1. The summed E-state index contributed by atoms with van der Waals surface area (Å²) >= 11 is 2.28. The molecule has 0 aliphatic rings. The third kappa shape index (κ3) is 5.38. The molecule has 1 amide bonds. The van der Waals surface area contributed by atoms with Gasteiger partial charge in [0, 0.05) is 9.77 Å². The summed E-state index contributed by atoms with van der Waals surface area (Å²) in [4.78, 5) is 15.8. The van der Waals surface area contributed by atoms with Crippen molar-refractivity contribution in [2.75, 3.05) is 0 Å². The second-order valence-electron chi connectivity index (χ2n) is 5.40. The van der Waals surface area contributed by atoms with Crippen molar-refractivity contribution in [2.24, 2.45) is 5.10 Å². The maximum Gasteiger partial charge on any atom is 0.289 e. The van der Waals surface area contributed by atoms with Crippen molar-refractivity contribution in [1.29, 1.82) is 0 Å². The molecule has 3 rings (SSSR count). The standard InChI is InChI=1S/C20H16IN3O2/c21-17-8-4-16(5-9-17)14-26-18-10-6-15(7-11-18)13-23-24-20(25)19-3-1-2-12-22-19/h1-13H,14H2,(H,24,25)/b23-13-. The predicted molar refractivity (Wildman–Crippen MR) is 109 cm³/mol. The van der Waals surface area contributed by atoms with E-state index in [9.17, 15) is 4.79 Å². The number of carbonyl (C=O) groups is 1. The van der Waals surface area contributed by atoms with Gasteiger partial charge in [-0.15, -0.1) is 0 Å². The Kier molecular flexibility index (Phi) is 6.32. The summed E-state index contributed by atoms with van der Waals surface area (Å²) in [5.74, 6) is 0.428. The molecule has 0 fully saturated rings. The van der Waals surface area contributed by atoms with E-state index in [0.717, 1.165) is 16.9 Å². The van der Waals surface area contributed by atoms with Crippen LogP contribution in [0.2, 0.25) is 0 Å². The van der Waals surface area contributed by atoms with Gasteiger partial charge in [0.25, 0.3) is 5.91 Å². The Bertz CT molecular complexity index is 879. The number of pyridine rings is 1. The summed E-state index contributed by atoms with van der Waals surface area (Å²) in [7, 11) is 0. The molecule has 0 saturated carbocycles. The van der Waals surface area contributed by atoms with Gasteiger partial charge in [-0.2, -0.15) is 5.10 Å². The van der Waals surface area contributed by atoms with Gasteiger partial charge in [0.05, 0.1) is 6.21 Å². The molecule has 2 aromatic carbocycles. The van der Waals surface area contributed by atoms with Crippen molar-refractivity contribution in [3.63, 3.8) is 0 Å². The van der Waals surface area contributed by atoms with Crippen LogP contribution in [0.4, 0.5) is 0 Å². The van der Waals surface area contributed by atoms with E-state index in [1.54, 1.807) is 30.6 Å². The van der Waals surface area contributed by atoms with E-state index in [0.29, 0.717) is 12.3 Å². The fourth-order valence-corrected chi connectivity index (χ4v) is 2.48. The van der Waals surface area contributed by atoms with Crippen LogP contribution in [0.1, 0.15) is 21.6 Å². The molecule has 0 saturated heterocycles. The number of aromatic nitrogens is 1. The minimum absolute atomic E-state index is 0.323. The zero-order chi connectivity index (χ0) is 18.2. The first-order valence-corrected chi connectivity index (χ1v) is 9.00. The predicted octanol–water partition coefficient (Wildman–Crippen LogP) is 4.03. The third-order valence-electron chi connectivity index (χ3n) is 3.48. The number of hydrogen-bond acceptors (Lipinski definition) is 4. The van der Waals surface area contributed by atoms with Gasteiger partial charge in [0.2, 0.25) is 0 Å². The molecular formula is C20H16IN3O2. The zero-order valence-electron chi connectivity index (χ0n) is 13.8. The van der Waals surface area contributed by atoms with Gasteiger partial charge >= 0.3 is 0 Å². The number of hydrogen-bond donors (Lipinski definition) is 1. The highest BCUT2D eigenvalue weighted by Gasteiger charge is 2.03. The Morgan fingerprint density at radius 3 is 2.54 bits per heavy atom. The molecule has 3 aromatic rings. The third-order valence-corrected chi connectivity index (χ3v) is 4.20. The van der Waals surface area contributed by atoms with Crippen molar-refractivity contribution in [1.82, 2.24) is 10.4 Å². The minimum Gasteiger partial charge on any atom is -0.489 e. The molecule has 1 heterocycles. The minimum atomic E-state index is -0.348. The molecule has 1 aromatic heterocycles. The fraction of sp³-hybridized carbons (Fsp3) is 0.0500. The number of hydrazone groups is 1. The van der Waals surface area contributed by atoms with E-state index in [2.05, 4.69) is 50.2 Å². The lowest BCUT2D eigenvalue weighted by atomic mass is 10.2. The topological polar surface area (TPSA) is 63.6 Å². The van der Waals surface area contributed by atoms with Crippen LogP contribution < -0.4 is 10.2 Å². The van der Waals surface area contributed by atoms with Gasteiger partial charge in [0.1, 0.15) is 18.1 Å². The largest absolute Gasteiger partial charge is 0.489 e. The Morgan fingerprint density at radius 1 is 1.08 bits per heavy atom. The highest BCUT2D eigenvalue weighted by atomic mass is 127. The maximum atomic E-state index is 11.8. The molecule has 0 atom stereocenters. The summed E-state index contributed by atoms with van der Waals surface area (Å²) in [5.41, 5.74) is 4.75. The van der Waals surface area contributed by atoms with E-state index in [4.69, 9.17) is 4.74 Å². The zero-order valence-corrected chi connectivity index (χ0v) is 16.0. The Labute approximate surface area is 165 Å². The second kappa shape index (κ2) is 9.10. The van der Waals surface area contributed by atoms with E-state index in [1.165, 1.54) is 3.57 Å². The van der Waals surface area contributed by atoms with Crippen LogP contribution in [0.3, 0.4) is 0 Å². The first kappa shape index (κ1) is 18.1. The summed E-state index contributed by atoms with van der Waals surface area (Å²) in [6.07, 6.45) is 3.14.